The van der Waals surface area contributed by atoms with Crippen molar-refractivity contribution in [3.63, 3.8) is 0 Å². The monoisotopic (exact) mass is 371 g/mol. The van der Waals surface area contributed by atoms with Crippen LogP contribution in [0.2, 0.25) is 0 Å². The van der Waals surface area contributed by atoms with E-state index in [1.807, 2.05) is 0 Å². The minimum atomic E-state index is -0.531. The van der Waals surface area contributed by atoms with Crippen molar-refractivity contribution in [3.05, 3.63) is 65.2 Å². The summed E-state index contributed by atoms with van der Waals surface area (Å²) < 4.78 is 4.63. The van der Waals surface area contributed by atoms with Crippen LogP contribution in [0.3, 0.4) is 0 Å². The summed E-state index contributed by atoms with van der Waals surface area (Å²) >= 11 is 5.11. The number of anilines is 1. The second-order valence-electron chi connectivity index (χ2n) is 5.14. The molecule has 134 valence electrons. The molecule has 0 spiro atoms. The van der Waals surface area contributed by atoms with Crippen LogP contribution in [0.4, 0.5) is 5.69 Å². The average Bonchev–Trinajstić information content (AvgIpc) is 2.67. The van der Waals surface area contributed by atoms with Crippen LogP contribution >= 0.6 is 12.2 Å². The first kappa shape index (κ1) is 19.1. The summed E-state index contributed by atoms with van der Waals surface area (Å²) in [7, 11) is 2.82. The molecule has 8 heteroatoms. The van der Waals surface area contributed by atoms with Gasteiger partial charge in [-0.25, -0.2) is 4.79 Å². The summed E-state index contributed by atoms with van der Waals surface area (Å²) in [5.41, 5.74) is 1.66. The number of amides is 2. The molecule has 0 fully saturated rings. The largest absolute Gasteiger partial charge is 0.465 e. The quantitative estimate of drug-likeness (QED) is 0.562. The van der Waals surface area contributed by atoms with Gasteiger partial charge in [0.2, 0.25) is 0 Å². The Bertz CT molecular complexity index is 850. The summed E-state index contributed by atoms with van der Waals surface area (Å²) in [6.45, 7) is 0. The molecule has 0 radical (unpaired) electrons. The number of benzene rings is 2. The fourth-order valence-corrected chi connectivity index (χ4v) is 2.30. The molecule has 2 aromatic carbocycles. The van der Waals surface area contributed by atoms with E-state index < -0.39 is 11.9 Å². The van der Waals surface area contributed by atoms with Crippen molar-refractivity contribution in [2.45, 2.75) is 0 Å². The molecule has 0 aromatic heterocycles. The summed E-state index contributed by atoms with van der Waals surface area (Å²) in [4.78, 5) is 35.3. The zero-order valence-electron chi connectivity index (χ0n) is 14.2. The van der Waals surface area contributed by atoms with Gasteiger partial charge in [-0.1, -0.05) is 6.07 Å². The molecule has 2 amide bonds. The van der Waals surface area contributed by atoms with Gasteiger partial charge in [-0.05, 0) is 54.7 Å². The van der Waals surface area contributed by atoms with Gasteiger partial charge < -0.3 is 15.4 Å². The van der Waals surface area contributed by atoms with E-state index in [1.165, 1.54) is 13.2 Å². The van der Waals surface area contributed by atoms with Crippen molar-refractivity contribution >= 4 is 40.8 Å². The summed E-state index contributed by atoms with van der Waals surface area (Å²) in [6.07, 6.45) is 0. The predicted octanol–water partition coefficient (Wildman–Crippen LogP) is 1.96. The van der Waals surface area contributed by atoms with Gasteiger partial charge in [-0.3, -0.25) is 14.9 Å². The van der Waals surface area contributed by atoms with Gasteiger partial charge in [-0.15, -0.1) is 0 Å². The Balaban J connectivity index is 2.00. The van der Waals surface area contributed by atoms with E-state index in [1.54, 1.807) is 49.5 Å². The summed E-state index contributed by atoms with van der Waals surface area (Å²) in [5.74, 6) is -1.19. The molecule has 2 aromatic rings. The van der Waals surface area contributed by atoms with E-state index in [4.69, 9.17) is 12.2 Å². The molecule has 26 heavy (non-hydrogen) atoms. The van der Waals surface area contributed by atoms with Gasteiger partial charge in [0.25, 0.3) is 11.8 Å². The molecule has 2 rings (SSSR count). The number of hydrogen-bond donors (Lipinski definition) is 3. The van der Waals surface area contributed by atoms with Crippen LogP contribution in [0.1, 0.15) is 31.1 Å². The zero-order chi connectivity index (χ0) is 19.1. The molecule has 0 saturated heterocycles. The number of carbonyl (C=O) groups excluding carboxylic acids is 3. The highest BCUT2D eigenvalue weighted by molar-refractivity contribution is 7.80. The molecule has 0 aliphatic rings. The Morgan fingerprint density at radius 2 is 1.58 bits per heavy atom. The summed E-state index contributed by atoms with van der Waals surface area (Å²) in [5, 5.41) is 8.00. The van der Waals surface area contributed by atoms with Crippen molar-refractivity contribution in [1.82, 2.24) is 10.6 Å². The van der Waals surface area contributed by atoms with Gasteiger partial charge in [-0.2, -0.15) is 0 Å². The highest BCUT2D eigenvalue weighted by Gasteiger charge is 2.12. The zero-order valence-corrected chi connectivity index (χ0v) is 15.0. The number of nitrogens with one attached hydrogen (secondary N) is 3. The molecule has 0 aliphatic carbocycles. The standard InChI is InChI=1S/C18H17N3O4S/c1-19-15(22)11-6-8-14(9-7-11)20-18(26)21-16(23)12-4-3-5-13(10-12)17(24)25-2/h3-10H,1-2H3,(H,19,22)(H2,20,21,23,26). The summed E-state index contributed by atoms with van der Waals surface area (Å²) in [6, 6.07) is 12.7. The first-order chi connectivity index (χ1) is 12.4. The first-order valence-electron chi connectivity index (χ1n) is 7.57. The van der Waals surface area contributed by atoms with Crippen molar-refractivity contribution in [2.24, 2.45) is 0 Å². The SMILES string of the molecule is CNC(=O)c1ccc(NC(=S)NC(=O)c2cccc(C(=O)OC)c2)cc1. The van der Waals surface area contributed by atoms with E-state index in [9.17, 15) is 14.4 Å². The third-order valence-electron chi connectivity index (χ3n) is 3.40. The Morgan fingerprint density at radius 1 is 0.923 bits per heavy atom. The number of rotatable bonds is 4. The van der Waals surface area contributed by atoms with E-state index in [0.717, 1.165) is 0 Å². The van der Waals surface area contributed by atoms with Crippen LogP contribution in [0, 0.1) is 0 Å². The van der Waals surface area contributed by atoms with Crippen LogP contribution in [-0.4, -0.2) is 37.1 Å². The van der Waals surface area contributed by atoms with Crippen LogP contribution in [0.5, 0.6) is 0 Å². The lowest BCUT2D eigenvalue weighted by molar-refractivity contribution is 0.0600. The average molecular weight is 371 g/mol. The van der Waals surface area contributed by atoms with E-state index in [2.05, 4.69) is 20.7 Å². The molecule has 3 N–H and O–H groups in total. The highest BCUT2D eigenvalue weighted by atomic mass is 32.1. The number of methoxy groups -OCH3 is 1. The van der Waals surface area contributed by atoms with Gasteiger partial charge in [0, 0.05) is 23.9 Å². The van der Waals surface area contributed by atoms with E-state index >= 15 is 0 Å². The minimum Gasteiger partial charge on any atom is -0.465 e. The minimum absolute atomic E-state index is 0.0890. The lowest BCUT2D eigenvalue weighted by Crippen LogP contribution is -2.34. The van der Waals surface area contributed by atoms with Crippen LogP contribution in [0.15, 0.2) is 48.5 Å². The topological polar surface area (TPSA) is 96.5 Å². The fourth-order valence-electron chi connectivity index (χ4n) is 2.09. The van der Waals surface area contributed by atoms with Crippen molar-refractivity contribution < 1.29 is 19.1 Å². The van der Waals surface area contributed by atoms with Crippen molar-refractivity contribution in [3.8, 4) is 0 Å². The van der Waals surface area contributed by atoms with E-state index in [-0.39, 0.29) is 22.1 Å². The number of carbonyl (C=O) groups is 3. The molecule has 0 bridgehead atoms. The predicted molar refractivity (Wildman–Crippen MR) is 101 cm³/mol. The number of thiocarbonyl (C=S) groups is 1. The second kappa shape index (κ2) is 8.72. The normalized spacial score (nSPS) is 9.77. The van der Waals surface area contributed by atoms with Crippen LogP contribution in [0.25, 0.3) is 0 Å². The molecule has 7 nitrogen and oxygen atoms in total. The van der Waals surface area contributed by atoms with Crippen molar-refractivity contribution in [2.75, 3.05) is 19.5 Å². The van der Waals surface area contributed by atoms with Gasteiger partial charge in [0.05, 0.1) is 12.7 Å². The number of esters is 1. The third-order valence-corrected chi connectivity index (χ3v) is 3.61. The lowest BCUT2D eigenvalue weighted by atomic mass is 10.1. The molecule has 0 atom stereocenters. The Labute approximate surface area is 155 Å². The molecule has 0 aliphatic heterocycles. The molecular formula is C18H17N3O4S. The smallest absolute Gasteiger partial charge is 0.337 e. The van der Waals surface area contributed by atoms with Gasteiger partial charge >= 0.3 is 5.97 Å². The van der Waals surface area contributed by atoms with Gasteiger partial charge in [0.1, 0.15) is 0 Å². The highest BCUT2D eigenvalue weighted by Crippen LogP contribution is 2.10. The van der Waals surface area contributed by atoms with Crippen LogP contribution in [-0.2, 0) is 4.74 Å². The number of hydrogen-bond acceptors (Lipinski definition) is 5. The molecular weight excluding hydrogens is 354 g/mol. The number of ether oxygens (including phenoxy) is 1. The molecule has 0 heterocycles. The maximum Gasteiger partial charge on any atom is 0.337 e. The maximum atomic E-state index is 12.2. The molecule has 0 unspecified atom stereocenters. The van der Waals surface area contributed by atoms with Crippen LogP contribution < -0.4 is 16.0 Å². The second-order valence-corrected chi connectivity index (χ2v) is 5.55. The Kier molecular flexibility index (Phi) is 6.40. The fraction of sp³-hybridized carbons (Fsp3) is 0.111. The maximum absolute atomic E-state index is 12.2. The van der Waals surface area contributed by atoms with Gasteiger partial charge in [0.15, 0.2) is 5.11 Å². The third kappa shape index (κ3) is 4.87. The lowest BCUT2D eigenvalue weighted by Gasteiger charge is -2.10. The Hall–Kier alpha value is -3.26. The first-order valence-corrected chi connectivity index (χ1v) is 7.98. The Morgan fingerprint density at radius 3 is 2.19 bits per heavy atom. The molecule has 0 saturated carbocycles. The van der Waals surface area contributed by atoms with Crippen molar-refractivity contribution in [1.29, 1.82) is 0 Å². The van der Waals surface area contributed by atoms with E-state index in [0.29, 0.717) is 11.3 Å².